The zero-order chi connectivity index (χ0) is 12.8. The normalized spacial score (nSPS) is 20.9. The van der Waals surface area contributed by atoms with Crippen molar-refractivity contribution in [1.82, 2.24) is 5.32 Å². The fourth-order valence-electron chi connectivity index (χ4n) is 2.35. The zero-order valence-corrected chi connectivity index (χ0v) is 11.3. The minimum Gasteiger partial charge on any atom is -0.488 e. The fourth-order valence-corrected chi connectivity index (χ4v) is 2.35. The molecule has 2 unspecified atom stereocenters. The summed E-state index contributed by atoms with van der Waals surface area (Å²) < 4.78 is 11.3. The van der Waals surface area contributed by atoms with Crippen LogP contribution < -0.4 is 10.1 Å². The molecule has 0 bridgehead atoms. The van der Waals surface area contributed by atoms with Gasteiger partial charge < -0.3 is 14.8 Å². The van der Waals surface area contributed by atoms with Crippen LogP contribution in [0.1, 0.15) is 38.3 Å². The summed E-state index contributed by atoms with van der Waals surface area (Å²) in [4.78, 5) is 0. The molecule has 1 saturated heterocycles. The number of benzene rings is 1. The number of nitrogens with one attached hydrogen (secondary N) is 1. The Morgan fingerprint density at radius 1 is 1.44 bits per heavy atom. The Labute approximate surface area is 109 Å². The van der Waals surface area contributed by atoms with Gasteiger partial charge in [-0.05, 0) is 30.7 Å². The van der Waals surface area contributed by atoms with Gasteiger partial charge in [-0.25, -0.2) is 0 Å². The molecule has 100 valence electrons. The first-order chi connectivity index (χ1) is 8.83. The first-order valence-corrected chi connectivity index (χ1v) is 6.91. The Morgan fingerprint density at radius 2 is 2.33 bits per heavy atom. The summed E-state index contributed by atoms with van der Waals surface area (Å²) in [6.45, 7) is 6.86. The largest absolute Gasteiger partial charge is 0.488 e. The molecule has 0 aromatic heterocycles. The van der Waals surface area contributed by atoms with Gasteiger partial charge in [0.2, 0.25) is 0 Å². The van der Waals surface area contributed by atoms with Crippen molar-refractivity contribution >= 4 is 0 Å². The first-order valence-electron chi connectivity index (χ1n) is 6.91. The molecule has 1 aliphatic heterocycles. The fraction of sp³-hybridized carbons (Fsp3) is 0.600. The van der Waals surface area contributed by atoms with E-state index in [4.69, 9.17) is 9.47 Å². The van der Waals surface area contributed by atoms with E-state index < -0.39 is 0 Å². The number of rotatable bonds is 6. The van der Waals surface area contributed by atoms with Crippen molar-refractivity contribution < 1.29 is 9.47 Å². The maximum absolute atomic E-state index is 5.94. The van der Waals surface area contributed by atoms with Gasteiger partial charge in [-0.15, -0.1) is 0 Å². The van der Waals surface area contributed by atoms with Crippen LogP contribution in [0.25, 0.3) is 0 Å². The summed E-state index contributed by atoms with van der Waals surface area (Å²) in [5, 5.41) is 3.49. The molecule has 0 spiro atoms. The van der Waals surface area contributed by atoms with E-state index in [9.17, 15) is 0 Å². The lowest BCUT2D eigenvalue weighted by Crippen LogP contribution is -2.20. The molecule has 3 heteroatoms. The quantitative estimate of drug-likeness (QED) is 0.841. The SMILES string of the molecule is CCNC(CC)c1cccc(OC2CCOC2)c1. The predicted molar refractivity (Wildman–Crippen MR) is 73.0 cm³/mol. The smallest absolute Gasteiger partial charge is 0.124 e. The van der Waals surface area contributed by atoms with E-state index in [2.05, 4.69) is 37.4 Å². The third kappa shape index (κ3) is 3.47. The molecule has 0 amide bonds. The average Bonchev–Trinajstić information content (AvgIpc) is 2.89. The van der Waals surface area contributed by atoms with Crippen molar-refractivity contribution in [2.45, 2.75) is 38.8 Å². The first kappa shape index (κ1) is 13.4. The van der Waals surface area contributed by atoms with Crippen molar-refractivity contribution in [2.75, 3.05) is 19.8 Å². The minimum absolute atomic E-state index is 0.222. The van der Waals surface area contributed by atoms with E-state index >= 15 is 0 Å². The maximum atomic E-state index is 5.94. The van der Waals surface area contributed by atoms with Gasteiger partial charge in [0.1, 0.15) is 11.9 Å². The Kier molecular flexibility index (Phi) is 5.02. The van der Waals surface area contributed by atoms with Gasteiger partial charge in [0.05, 0.1) is 13.2 Å². The molecular formula is C15H23NO2. The van der Waals surface area contributed by atoms with Gasteiger partial charge in [-0.1, -0.05) is 26.0 Å². The molecule has 18 heavy (non-hydrogen) atoms. The maximum Gasteiger partial charge on any atom is 0.124 e. The van der Waals surface area contributed by atoms with Crippen LogP contribution in [0.4, 0.5) is 0 Å². The number of ether oxygens (including phenoxy) is 2. The van der Waals surface area contributed by atoms with E-state index in [1.807, 2.05) is 6.07 Å². The van der Waals surface area contributed by atoms with Crippen LogP contribution in [-0.4, -0.2) is 25.9 Å². The second-order valence-corrected chi connectivity index (χ2v) is 4.69. The molecule has 1 aromatic rings. The molecule has 1 N–H and O–H groups in total. The third-order valence-electron chi connectivity index (χ3n) is 3.31. The van der Waals surface area contributed by atoms with Gasteiger partial charge in [-0.2, -0.15) is 0 Å². The van der Waals surface area contributed by atoms with Gasteiger partial charge in [0, 0.05) is 12.5 Å². The Morgan fingerprint density at radius 3 is 3.00 bits per heavy atom. The number of hydrogen-bond donors (Lipinski definition) is 1. The van der Waals surface area contributed by atoms with E-state index in [0.717, 1.165) is 31.7 Å². The van der Waals surface area contributed by atoms with E-state index in [0.29, 0.717) is 12.6 Å². The van der Waals surface area contributed by atoms with Crippen LogP contribution in [0, 0.1) is 0 Å². The molecule has 0 saturated carbocycles. The molecular weight excluding hydrogens is 226 g/mol. The zero-order valence-electron chi connectivity index (χ0n) is 11.3. The number of hydrogen-bond acceptors (Lipinski definition) is 3. The molecule has 1 heterocycles. The monoisotopic (exact) mass is 249 g/mol. The lowest BCUT2D eigenvalue weighted by atomic mass is 10.0. The van der Waals surface area contributed by atoms with Crippen LogP contribution >= 0.6 is 0 Å². The summed E-state index contributed by atoms with van der Waals surface area (Å²) in [5.41, 5.74) is 1.30. The molecule has 2 atom stereocenters. The van der Waals surface area contributed by atoms with E-state index in [1.54, 1.807) is 0 Å². The van der Waals surface area contributed by atoms with Crippen LogP contribution in [0.5, 0.6) is 5.75 Å². The standard InChI is InChI=1S/C15H23NO2/c1-3-15(16-4-2)12-6-5-7-13(10-12)18-14-8-9-17-11-14/h5-7,10,14-16H,3-4,8-9,11H2,1-2H3. The van der Waals surface area contributed by atoms with Gasteiger partial charge in [0.25, 0.3) is 0 Å². The highest BCUT2D eigenvalue weighted by Gasteiger charge is 2.17. The van der Waals surface area contributed by atoms with Crippen molar-refractivity contribution in [3.05, 3.63) is 29.8 Å². The van der Waals surface area contributed by atoms with Gasteiger partial charge >= 0.3 is 0 Å². The van der Waals surface area contributed by atoms with Gasteiger partial charge in [-0.3, -0.25) is 0 Å². The highest BCUT2D eigenvalue weighted by Crippen LogP contribution is 2.23. The van der Waals surface area contributed by atoms with Crippen LogP contribution in [0.2, 0.25) is 0 Å². The van der Waals surface area contributed by atoms with Crippen molar-refractivity contribution in [3.8, 4) is 5.75 Å². The summed E-state index contributed by atoms with van der Waals surface area (Å²) in [6.07, 6.45) is 2.30. The van der Waals surface area contributed by atoms with Crippen molar-refractivity contribution in [1.29, 1.82) is 0 Å². The second kappa shape index (κ2) is 6.76. The van der Waals surface area contributed by atoms with Gasteiger partial charge in [0.15, 0.2) is 0 Å². The summed E-state index contributed by atoms with van der Waals surface area (Å²) in [6, 6.07) is 8.82. The van der Waals surface area contributed by atoms with Crippen molar-refractivity contribution in [2.24, 2.45) is 0 Å². The van der Waals surface area contributed by atoms with Crippen LogP contribution in [0.3, 0.4) is 0 Å². The van der Waals surface area contributed by atoms with Crippen LogP contribution in [0.15, 0.2) is 24.3 Å². The minimum atomic E-state index is 0.222. The summed E-state index contributed by atoms with van der Waals surface area (Å²) >= 11 is 0. The van der Waals surface area contributed by atoms with E-state index in [-0.39, 0.29) is 6.10 Å². The van der Waals surface area contributed by atoms with Crippen molar-refractivity contribution in [3.63, 3.8) is 0 Å². The second-order valence-electron chi connectivity index (χ2n) is 4.69. The average molecular weight is 249 g/mol. The predicted octanol–water partition coefficient (Wildman–Crippen LogP) is 2.91. The lowest BCUT2D eigenvalue weighted by Gasteiger charge is -2.18. The molecule has 1 aliphatic rings. The lowest BCUT2D eigenvalue weighted by molar-refractivity contribution is 0.141. The molecule has 0 aliphatic carbocycles. The molecule has 0 radical (unpaired) electrons. The molecule has 1 aromatic carbocycles. The highest BCUT2D eigenvalue weighted by atomic mass is 16.5. The molecule has 2 rings (SSSR count). The summed E-state index contributed by atoms with van der Waals surface area (Å²) in [5.74, 6) is 0.958. The van der Waals surface area contributed by atoms with E-state index in [1.165, 1.54) is 5.56 Å². The molecule has 3 nitrogen and oxygen atoms in total. The Bertz CT molecular complexity index is 361. The van der Waals surface area contributed by atoms with Crippen LogP contribution in [-0.2, 0) is 4.74 Å². The Balaban J connectivity index is 2.03. The molecule has 1 fully saturated rings. The third-order valence-corrected chi connectivity index (χ3v) is 3.31. The Hall–Kier alpha value is -1.06. The highest BCUT2D eigenvalue weighted by molar-refractivity contribution is 5.30. The topological polar surface area (TPSA) is 30.5 Å². The summed E-state index contributed by atoms with van der Waals surface area (Å²) in [7, 11) is 0.